The molecular formula is C20H29N3O2S. The van der Waals surface area contributed by atoms with Gasteiger partial charge in [-0.1, -0.05) is 6.07 Å². The van der Waals surface area contributed by atoms with Crippen molar-refractivity contribution in [1.82, 2.24) is 10.6 Å². The summed E-state index contributed by atoms with van der Waals surface area (Å²) < 4.78 is 11.2. The van der Waals surface area contributed by atoms with Gasteiger partial charge in [-0.25, -0.2) is 0 Å². The molecule has 0 spiro atoms. The Kier molecular flexibility index (Phi) is 8.06. The van der Waals surface area contributed by atoms with Crippen molar-refractivity contribution in [3.8, 4) is 0 Å². The monoisotopic (exact) mass is 375 g/mol. The Morgan fingerprint density at radius 2 is 2.08 bits per heavy atom. The summed E-state index contributed by atoms with van der Waals surface area (Å²) in [7, 11) is 0. The summed E-state index contributed by atoms with van der Waals surface area (Å²) in [6.07, 6.45) is 8.60. The van der Waals surface area contributed by atoms with Crippen molar-refractivity contribution in [3.63, 3.8) is 0 Å². The zero-order valence-electron chi connectivity index (χ0n) is 15.3. The minimum absolute atomic E-state index is 0.378. The van der Waals surface area contributed by atoms with E-state index in [1.165, 1.54) is 24.1 Å². The van der Waals surface area contributed by atoms with Crippen molar-refractivity contribution in [3.05, 3.63) is 46.5 Å². The highest BCUT2D eigenvalue weighted by Gasteiger charge is 2.13. The standard InChI is InChI=1S/C20H29N3O2S/c1-2-14-24-17(5-1)8-11-21-20(22-12-9-18-6-3-15-25-18)23-13-10-19-7-4-16-26-19/h3-4,6-7,15-17H,1-2,5,8-14H2,(H2,21,22,23). The zero-order valence-corrected chi connectivity index (χ0v) is 16.1. The number of aliphatic imine (C=N–C) groups is 1. The highest BCUT2D eigenvalue weighted by Crippen LogP contribution is 2.15. The molecule has 1 atom stereocenters. The molecule has 2 N–H and O–H groups in total. The Bertz CT molecular complexity index is 577. The van der Waals surface area contributed by atoms with Crippen LogP contribution in [0.1, 0.15) is 36.3 Å². The Balaban J connectivity index is 1.43. The Hall–Kier alpha value is -1.79. The van der Waals surface area contributed by atoms with Gasteiger partial charge in [-0.3, -0.25) is 4.99 Å². The lowest BCUT2D eigenvalue weighted by atomic mass is 10.1. The Morgan fingerprint density at radius 1 is 1.15 bits per heavy atom. The van der Waals surface area contributed by atoms with Crippen LogP contribution >= 0.6 is 11.3 Å². The van der Waals surface area contributed by atoms with Crippen molar-refractivity contribution in [2.75, 3.05) is 26.2 Å². The van der Waals surface area contributed by atoms with Crippen LogP contribution in [0, 0.1) is 0 Å². The van der Waals surface area contributed by atoms with Crippen LogP contribution in [0.15, 0.2) is 45.3 Å². The van der Waals surface area contributed by atoms with Crippen LogP contribution in [0.4, 0.5) is 0 Å². The summed E-state index contributed by atoms with van der Waals surface area (Å²) in [5.74, 6) is 1.87. The van der Waals surface area contributed by atoms with Gasteiger partial charge in [0, 0.05) is 37.5 Å². The molecule has 5 nitrogen and oxygen atoms in total. The molecule has 0 aromatic carbocycles. The van der Waals surface area contributed by atoms with Crippen LogP contribution in [0.25, 0.3) is 0 Å². The molecule has 0 saturated carbocycles. The largest absolute Gasteiger partial charge is 0.469 e. The first-order valence-electron chi connectivity index (χ1n) is 9.59. The van der Waals surface area contributed by atoms with Gasteiger partial charge in [0.15, 0.2) is 5.96 Å². The van der Waals surface area contributed by atoms with Crippen LogP contribution in [0.5, 0.6) is 0 Å². The molecule has 0 bridgehead atoms. The van der Waals surface area contributed by atoms with Gasteiger partial charge in [-0.15, -0.1) is 11.3 Å². The molecule has 2 aromatic heterocycles. The van der Waals surface area contributed by atoms with Gasteiger partial charge in [0.05, 0.1) is 12.4 Å². The van der Waals surface area contributed by atoms with Crippen LogP contribution in [-0.4, -0.2) is 38.3 Å². The van der Waals surface area contributed by atoms with E-state index in [-0.39, 0.29) is 0 Å². The molecule has 0 aliphatic carbocycles. The quantitative estimate of drug-likeness (QED) is 0.519. The maximum atomic E-state index is 5.80. The molecule has 0 radical (unpaired) electrons. The van der Waals surface area contributed by atoms with E-state index < -0.39 is 0 Å². The fourth-order valence-corrected chi connectivity index (χ4v) is 3.76. The minimum Gasteiger partial charge on any atom is -0.469 e. The molecule has 1 saturated heterocycles. The van der Waals surface area contributed by atoms with Gasteiger partial charge in [-0.05, 0) is 55.7 Å². The number of hydrogen-bond donors (Lipinski definition) is 2. The second-order valence-electron chi connectivity index (χ2n) is 6.52. The van der Waals surface area contributed by atoms with Gasteiger partial charge in [0.2, 0.25) is 0 Å². The summed E-state index contributed by atoms with van der Waals surface area (Å²) in [6.45, 7) is 3.38. The third-order valence-electron chi connectivity index (χ3n) is 4.48. The minimum atomic E-state index is 0.378. The fourth-order valence-electron chi connectivity index (χ4n) is 3.05. The molecule has 3 rings (SSSR count). The molecule has 142 valence electrons. The molecule has 2 aromatic rings. The van der Waals surface area contributed by atoms with Crippen LogP contribution in [0.2, 0.25) is 0 Å². The average molecular weight is 376 g/mol. The van der Waals surface area contributed by atoms with E-state index in [1.54, 1.807) is 17.6 Å². The third-order valence-corrected chi connectivity index (χ3v) is 5.42. The summed E-state index contributed by atoms with van der Waals surface area (Å²) in [5, 5.41) is 8.99. The normalized spacial score (nSPS) is 18.0. The number of hydrogen-bond acceptors (Lipinski definition) is 4. The Labute approximate surface area is 159 Å². The number of nitrogens with one attached hydrogen (secondary N) is 2. The van der Waals surface area contributed by atoms with Crippen molar-refractivity contribution >= 4 is 17.3 Å². The number of ether oxygens (including phenoxy) is 1. The predicted molar refractivity (Wildman–Crippen MR) is 107 cm³/mol. The maximum Gasteiger partial charge on any atom is 0.191 e. The lowest BCUT2D eigenvalue weighted by Crippen LogP contribution is -2.39. The first kappa shape index (κ1) is 19.0. The molecule has 1 aliphatic heterocycles. The molecule has 6 heteroatoms. The van der Waals surface area contributed by atoms with Crippen molar-refractivity contribution in [1.29, 1.82) is 0 Å². The highest BCUT2D eigenvalue weighted by atomic mass is 32.1. The zero-order chi connectivity index (χ0) is 17.9. The van der Waals surface area contributed by atoms with Gasteiger partial charge < -0.3 is 19.8 Å². The number of furan rings is 1. The van der Waals surface area contributed by atoms with Crippen LogP contribution in [-0.2, 0) is 17.6 Å². The first-order chi connectivity index (χ1) is 12.9. The highest BCUT2D eigenvalue weighted by molar-refractivity contribution is 7.09. The molecule has 1 fully saturated rings. The second-order valence-corrected chi connectivity index (χ2v) is 7.55. The van der Waals surface area contributed by atoms with Crippen molar-refractivity contribution in [2.45, 2.75) is 44.6 Å². The Morgan fingerprint density at radius 3 is 2.81 bits per heavy atom. The van der Waals surface area contributed by atoms with E-state index in [9.17, 15) is 0 Å². The van der Waals surface area contributed by atoms with E-state index in [1.807, 2.05) is 12.1 Å². The van der Waals surface area contributed by atoms with E-state index in [0.29, 0.717) is 6.10 Å². The predicted octanol–water partition coefficient (Wildman–Crippen LogP) is 3.62. The lowest BCUT2D eigenvalue weighted by molar-refractivity contribution is 0.0129. The number of nitrogens with zero attached hydrogens (tertiary/aromatic N) is 1. The molecule has 1 unspecified atom stereocenters. The maximum absolute atomic E-state index is 5.80. The first-order valence-corrected chi connectivity index (χ1v) is 10.5. The number of rotatable bonds is 9. The topological polar surface area (TPSA) is 58.8 Å². The van der Waals surface area contributed by atoms with E-state index >= 15 is 0 Å². The van der Waals surface area contributed by atoms with E-state index in [0.717, 1.165) is 57.2 Å². The summed E-state index contributed by atoms with van der Waals surface area (Å²) in [5.41, 5.74) is 0. The van der Waals surface area contributed by atoms with Gasteiger partial charge >= 0.3 is 0 Å². The van der Waals surface area contributed by atoms with Crippen LogP contribution < -0.4 is 10.6 Å². The number of thiophene rings is 1. The average Bonchev–Trinajstić information content (AvgIpc) is 3.36. The molecule has 3 heterocycles. The van der Waals surface area contributed by atoms with E-state index in [2.05, 4.69) is 28.1 Å². The molecule has 26 heavy (non-hydrogen) atoms. The smallest absolute Gasteiger partial charge is 0.191 e. The van der Waals surface area contributed by atoms with Crippen LogP contribution in [0.3, 0.4) is 0 Å². The second kappa shape index (κ2) is 11.0. The lowest BCUT2D eigenvalue weighted by Gasteiger charge is -2.21. The molecular weight excluding hydrogens is 346 g/mol. The molecule has 0 amide bonds. The van der Waals surface area contributed by atoms with Crippen molar-refractivity contribution in [2.24, 2.45) is 4.99 Å². The summed E-state index contributed by atoms with van der Waals surface area (Å²) in [6, 6.07) is 8.20. The number of guanidine groups is 1. The fraction of sp³-hybridized carbons (Fsp3) is 0.550. The molecule has 1 aliphatic rings. The third kappa shape index (κ3) is 6.84. The van der Waals surface area contributed by atoms with Gasteiger partial charge in [-0.2, -0.15) is 0 Å². The summed E-state index contributed by atoms with van der Waals surface area (Å²) >= 11 is 1.80. The van der Waals surface area contributed by atoms with Crippen molar-refractivity contribution < 1.29 is 9.15 Å². The van der Waals surface area contributed by atoms with E-state index in [4.69, 9.17) is 14.1 Å². The SMILES string of the molecule is c1coc(CCNC(=NCCC2CCCCO2)NCCc2cccs2)c1. The van der Waals surface area contributed by atoms with Gasteiger partial charge in [0.1, 0.15) is 5.76 Å². The summed E-state index contributed by atoms with van der Waals surface area (Å²) in [4.78, 5) is 6.13. The van der Waals surface area contributed by atoms with Gasteiger partial charge in [0.25, 0.3) is 0 Å².